The maximum absolute atomic E-state index is 12.8. The predicted octanol–water partition coefficient (Wildman–Crippen LogP) is 2.37. The van der Waals surface area contributed by atoms with Gasteiger partial charge in [0.15, 0.2) is 11.5 Å². The van der Waals surface area contributed by atoms with Gasteiger partial charge in [0, 0.05) is 31.6 Å². The molecule has 1 aromatic carbocycles. The van der Waals surface area contributed by atoms with Gasteiger partial charge in [-0.2, -0.15) is 13.2 Å². The van der Waals surface area contributed by atoms with Crippen molar-refractivity contribution in [1.29, 1.82) is 0 Å². The van der Waals surface area contributed by atoms with Crippen LogP contribution in [0.5, 0.6) is 17.2 Å². The average molecular weight is 399 g/mol. The van der Waals surface area contributed by atoms with Crippen LogP contribution in [-0.4, -0.2) is 42.7 Å². The summed E-state index contributed by atoms with van der Waals surface area (Å²) in [6, 6.07) is 3.57. The van der Waals surface area contributed by atoms with E-state index in [1.165, 1.54) is 21.3 Å². The van der Waals surface area contributed by atoms with E-state index < -0.39 is 17.6 Å². The van der Waals surface area contributed by atoms with Gasteiger partial charge in [0.25, 0.3) is 5.56 Å². The Hall–Kier alpha value is -2.75. The van der Waals surface area contributed by atoms with Crippen molar-refractivity contribution in [3.63, 3.8) is 0 Å². The molecule has 0 radical (unpaired) electrons. The molecule has 0 atom stereocenters. The molecule has 0 amide bonds. The first kappa shape index (κ1) is 20.0. The monoisotopic (exact) mass is 399 g/mol. The van der Waals surface area contributed by atoms with E-state index in [2.05, 4.69) is 4.98 Å². The zero-order valence-corrected chi connectivity index (χ0v) is 15.6. The molecule has 1 aromatic heterocycles. The molecule has 152 valence electrons. The number of benzene rings is 1. The second-order valence-electron chi connectivity index (χ2n) is 6.29. The first-order chi connectivity index (χ1) is 13.3. The third-order valence-corrected chi connectivity index (χ3v) is 4.60. The Kier molecular flexibility index (Phi) is 5.50. The van der Waals surface area contributed by atoms with Crippen LogP contribution in [0, 0.1) is 0 Å². The number of fused-ring (bicyclic) bond motifs is 1. The number of nitrogens with zero attached hydrogens (tertiary/aromatic N) is 2. The Balaban J connectivity index is 1.87. The Labute approximate surface area is 159 Å². The van der Waals surface area contributed by atoms with E-state index in [-0.39, 0.29) is 24.2 Å². The molecule has 0 fully saturated rings. The summed E-state index contributed by atoms with van der Waals surface area (Å²) in [5.41, 5.74) is 0.478. The SMILES string of the molecule is COc1ccc(CN2CCc3nc(C(F)(F)F)[nH]c(=O)c3C2)c(OC)c1OC. The zero-order chi connectivity index (χ0) is 20.5. The molecule has 0 saturated heterocycles. The fourth-order valence-corrected chi connectivity index (χ4v) is 3.28. The molecule has 0 spiro atoms. The van der Waals surface area contributed by atoms with Crippen molar-refractivity contribution in [2.75, 3.05) is 27.9 Å². The molecule has 10 heteroatoms. The molecule has 3 rings (SSSR count). The van der Waals surface area contributed by atoms with Gasteiger partial charge in [-0.05, 0) is 6.07 Å². The average Bonchev–Trinajstić information content (AvgIpc) is 2.67. The van der Waals surface area contributed by atoms with E-state index in [0.29, 0.717) is 30.3 Å². The number of alkyl halides is 3. The minimum atomic E-state index is -4.68. The first-order valence-corrected chi connectivity index (χ1v) is 8.48. The number of nitrogens with one attached hydrogen (secondary N) is 1. The number of hydrogen-bond donors (Lipinski definition) is 1. The highest BCUT2D eigenvalue weighted by Crippen LogP contribution is 2.40. The lowest BCUT2D eigenvalue weighted by Gasteiger charge is -2.28. The van der Waals surface area contributed by atoms with Gasteiger partial charge in [-0.1, -0.05) is 6.07 Å². The quantitative estimate of drug-likeness (QED) is 0.832. The van der Waals surface area contributed by atoms with Gasteiger partial charge in [0.05, 0.1) is 32.6 Å². The van der Waals surface area contributed by atoms with Crippen molar-refractivity contribution in [2.24, 2.45) is 0 Å². The summed E-state index contributed by atoms with van der Waals surface area (Å²) in [6.07, 6.45) is -4.43. The highest BCUT2D eigenvalue weighted by molar-refractivity contribution is 5.55. The lowest BCUT2D eigenvalue weighted by Crippen LogP contribution is -2.36. The first-order valence-electron chi connectivity index (χ1n) is 8.48. The molecular formula is C18H20F3N3O4. The maximum Gasteiger partial charge on any atom is 0.449 e. The number of hydrogen-bond acceptors (Lipinski definition) is 6. The number of halogens is 3. The number of ether oxygens (including phenoxy) is 3. The van der Waals surface area contributed by atoms with Crippen molar-refractivity contribution in [3.8, 4) is 17.2 Å². The third kappa shape index (κ3) is 3.77. The van der Waals surface area contributed by atoms with Crippen LogP contribution in [0.1, 0.15) is 22.6 Å². The van der Waals surface area contributed by atoms with Crippen LogP contribution in [0.3, 0.4) is 0 Å². The third-order valence-electron chi connectivity index (χ3n) is 4.60. The Morgan fingerprint density at radius 3 is 2.46 bits per heavy atom. The van der Waals surface area contributed by atoms with E-state index in [0.717, 1.165) is 5.56 Å². The lowest BCUT2D eigenvalue weighted by molar-refractivity contribution is -0.145. The Bertz CT molecular complexity index is 928. The van der Waals surface area contributed by atoms with Crippen molar-refractivity contribution < 1.29 is 27.4 Å². The summed E-state index contributed by atoms with van der Waals surface area (Å²) in [4.78, 5) is 19.5. The van der Waals surface area contributed by atoms with Crippen molar-refractivity contribution in [3.05, 3.63) is 45.1 Å². The van der Waals surface area contributed by atoms with E-state index in [4.69, 9.17) is 14.2 Å². The largest absolute Gasteiger partial charge is 0.493 e. The zero-order valence-electron chi connectivity index (χ0n) is 15.6. The number of aromatic amines is 1. The maximum atomic E-state index is 12.8. The van der Waals surface area contributed by atoms with Gasteiger partial charge in [-0.3, -0.25) is 9.69 Å². The number of methoxy groups -OCH3 is 3. The molecule has 1 aliphatic heterocycles. The van der Waals surface area contributed by atoms with E-state index >= 15 is 0 Å². The highest BCUT2D eigenvalue weighted by Gasteiger charge is 2.36. The minimum absolute atomic E-state index is 0.187. The van der Waals surface area contributed by atoms with Crippen LogP contribution < -0.4 is 19.8 Å². The van der Waals surface area contributed by atoms with Crippen molar-refractivity contribution in [2.45, 2.75) is 25.7 Å². The normalized spacial score (nSPS) is 14.5. The van der Waals surface area contributed by atoms with Gasteiger partial charge < -0.3 is 19.2 Å². The number of H-pyrrole nitrogens is 1. The molecule has 28 heavy (non-hydrogen) atoms. The topological polar surface area (TPSA) is 76.7 Å². The van der Waals surface area contributed by atoms with Gasteiger partial charge in [-0.15, -0.1) is 0 Å². The molecule has 7 nitrogen and oxygen atoms in total. The van der Waals surface area contributed by atoms with Gasteiger partial charge >= 0.3 is 6.18 Å². The van der Waals surface area contributed by atoms with Crippen molar-refractivity contribution >= 4 is 0 Å². The standard InChI is InChI=1S/C18H20F3N3O4/c1-26-13-5-4-10(14(27-2)15(13)28-3)8-24-7-6-12-11(9-24)16(25)23-17(22-12)18(19,20)21/h4-5H,6-9H2,1-3H3,(H,22,23,25). The molecule has 0 bridgehead atoms. The summed E-state index contributed by atoms with van der Waals surface area (Å²) in [6.45, 7) is 1.06. The fourth-order valence-electron chi connectivity index (χ4n) is 3.28. The summed E-state index contributed by atoms with van der Waals surface area (Å²) in [5.74, 6) is 0.222. The molecule has 2 heterocycles. The van der Waals surface area contributed by atoms with E-state index in [1.807, 2.05) is 16.0 Å². The number of rotatable bonds is 5. The van der Waals surface area contributed by atoms with Crippen LogP contribution >= 0.6 is 0 Å². The van der Waals surface area contributed by atoms with Crippen LogP contribution in [0.2, 0.25) is 0 Å². The fraction of sp³-hybridized carbons (Fsp3) is 0.444. The molecule has 1 N–H and O–H groups in total. The summed E-state index contributed by atoms with van der Waals surface area (Å²) in [5, 5.41) is 0. The molecule has 0 unspecified atom stereocenters. The second kappa shape index (κ2) is 7.70. The highest BCUT2D eigenvalue weighted by atomic mass is 19.4. The lowest BCUT2D eigenvalue weighted by atomic mass is 10.1. The van der Waals surface area contributed by atoms with Crippen LogP contribution in [0.4, 0.5) is 13.2 Å². The van der Waals surface area contributed by atoms with E-state index in [9.17, 15) is 18.0 Å². The van der Waals surface area contributed by atoms with Crippen LogP contribution in [-0.2, 0) is 25.7 Å². The molecule has 2 aromatic rings. The summed E-state index contributed by atoms with van der Waals surface area (Å²) < 4.78 is 54.6. The summed E-state index contributed by atoms with van der Waals surface area (Å²) in [7, 11) is 4.54. The van der Waals surface area contributed by atoms with Gasteiger partial charge in [-0.25, -0.2) is 4.98 Å². The van der Waals surface area contributed by atoms with Crippen molar-refractivity contribution in [1.82, 2.24) is 14.9 Å². The van der Waals surface area contributed by atoms with E-state index in [1.54, 1.807) is 6.07 Å². The van der Waals surface area contributed by atoms with Crippen LogP contribution in [0.15, 0.2) is 16.9 Å². The van der Waals surface area contributed by atoms with Gasteiger partial charge in [0.2, 0.25) is 11.6 Å². The number of aromatic nitrogens is 2. The summed E-state index contributed by atoms with van der Waals surface area (Å²) >= 11 is 0. The second-order valence-corrected chi connectivity index (χ2v) is 6.29. The van der Waals surface area contributed by atoms with Gasteiger partial charge in [0.1, 0.15) is 0 Å². The predicted molar refractivity (Wildman–Crippen MR) is 93.8 cm³/mol. The molecule has 0 aliphatic carbocycles. The molecule has 1 aliphatic rings. The minimum Gasteiger partial charge on any atom is -0.493 e. The smallest absolute Gasteiger partial charge is 0.449 e. The van der Waals surface area contributed by atoms with Crippen LogP contribution in [0.25, 0.3) is 0 Å². The molecule has 0 saturated carbocycles. The molecular weight excluding hydrogens is 379 g/mol. The Morgan fingerprint density at radius 1 is 1.14 bits per heavy atom. The Morgan fingerprint density at radius 2 is 1.86 bits per heavy atom.